The highest BCUT2D eigenvalue weighted by molar-refractivity contribution is 5.36. The second-order valence-electron chi connectivity index (χ2n) is 3.77. The standard InChI is InChI=1S/C12H18FNO2/c1-3-4-10(15)12(14)9-6-5-8(13)7-11(9)16-2/h5-7,10,12,15H,3-4,14H2,1-2H3/t10-,12+/m1/s1. The Hall–Kier alpha value is -1.13. The summed E-state index contributed by atoms with van der Waals surface area (Å²) in [5, 5.41) is 9.79. The molecule has 0 bridgehead atoms. The van der Waals surface area contributed by atoms with Crippen molar-refractivity contribution >= 4 is 0 Å². The van der Waals surface area contributed by atoms with Crippen molar-refractivity contribution in [2.24, 2.45) is 5.73 Å². The summed E-state index contributed by atoms with van der Waals surface area (Å²) in [6.45, 7) is 1.97. The van der Waals surface area contributed by atoms with E-state index in [1.807, 2.05) is 6.92 Å². The van der Waals surface area contributed by atoms with E-state index in [0.717, 1.165) is 6.42 Å². The summed E-state index contributed by atoms with van der Waals surface area (Å²) in [5.74, 6) is 0.000402. The van der Waals surface area contributed by atoms with Gasteiger partial charge in [0, 0.05) is 11.6 Å². The maximum absolute atomic E-state index is 13.0. The number of aliphatic hydroxyl groups is 1. The molecular weight excluding hydrogens is 209 g/mol. The Kier molecular flexibility index (Phi) is 4.71. The molecule has 3 nitrogen and oxygen atoms in total. The van der Waals surface area contributed by atoms with E-state index in [-0.39, 0.29) is 5.82 Å². The molecule has 0 unspecified atom stereocenters. The summed E-state index contributed by atoms with van der Waals surface area (Å²) in [5.41, 5.74) is 6.53. The number of hydrogen-bond acceptors (Lipinski definition) is 3. The van der Waals surface area contributed by atoms with Crippen LogP contribution in [0.4, 0.5) is 4.39 Å². The van der Waals surface area contributed by atoms with Gasteiger partial charge >= 0.3 is 0 Å². The first-order valence-electron chi connectivity index (χ1n) is 5.37. The molecule has 90 valence electrons. The monoisotopic (exact) mass is 227 g/mol. The second kappa shape index (κ2) is 5.82. The number of methoxy groups -OCH3 is 1. The van der Waals surface area contributed by atoms with Crippen LogP contribution < -0.4 is 10.5 Å². The third kappa shape index (κ3) is 2.93. The van der Waals surface area contributed by atoms with Gasteiger partial charge in [0.1, 0.15) is 11.6 Å². The Bertz CT molecular complexity index is 344. The van der Waals surface area contributed by atoms with Gasteiger partial charge in [0.2, 0.25) is 0 Å². The van der Waals surface area contributed by atoms with Crippen molar-refractivity contribution in [1.82, 2.24) is 0 Å². The van der Waals surface area contributed by atoms with Crippen molar-refractivity contribution in [2.45, 2.75) is 31.9 Å². The molecular formula is C12H18FNO2. The van der Waals surface area contributed by atoms with E-state index in [1.165, 1.54) is 19.2 Å². The molecule has 1 aromatic rings. The summed E-state index contributed by atoms with van der Waals surface area (Å²) in [6.07, 6.45) is 0.824. The fraction of sp³-hybridized carbons (Fsp3) is 0.500. The van der Waals surface area contributed by atoms with Gasteiger partial charge in [-0.3, -0.25) is 0 Å². The van der Waals surface area contributed by atoms with E-state index >= 15 is 0 Å². The van der Waals surface area contributed by atoms with Gasteiger partial charge in [-0.1, -0.05) is 19.4 Å². The molecule has 0 heterocycles. The van der Waals surface area contributed by atoms with Crippen molar-refractivity contribution in [2.75, 3.05) is 7.11 Å². The lowest BCUT2D eigenvalue weighted by Gasteiger charge is -2.20. The van der Waals surface area contributed by atoms with Crippen LogP contribution in [0.15, 0.2) is 18.2 Å². The summed E-state index contributed by atoms with van der Waals surface area (Å²) in [6, 6.07) is 3.59. The predicted octanol–water partition coefficient (Wildman–Crippen LogP) is 2.00. The SMILES string of the molecule is CCC[C@@H](O)[C@@H](N)c1ccc(F)cc1OC. The lowest BCUT2D eigenvalue weighted by Crippen LogP contribution is -2.26. The lowest BCUT2D eigenvalue weighted by molar-refractivity contribution is 0.133. The molecule has 0 aliphatic rings. The van der Waals surface area contributed by atoms with Gasteiger partial charge in [-0.25, -0.2) is 4.39 Å². The Morgan fingerprint density at radius 2 is 2.19 bits per heavy atom. The first-order valence-corrected chi connectivity index (χ1v) is 5.37. The number of ether oxygens (including phenoxy) is 1. The maximum Gasteiger partial charge on any atom is 0.126 e. The highest BCUT2D eigenvalue weighted by Crippen LogP contribution is 2.27. The Balaban J connectivity index is 2.93. The van der Waals surface area contributed by atoms with Crippen LogP contribution in [-0.2, 0) is 0 Å². The highest BCUT2D eigenvalue weighted by Gasteiger charge is 2.19. The highest BCUT2D eigenvalue weighted by atomic mass is 19.1. The minimum absolute atomic E-state index is 0.377. The number of halogens is 1. The van der Waals surface area contributed by atoms with Crippen LogP contribution in [0.1, 0.15) is 31.4 Å². The summed E-state index contributed by atoms with van der Waals surface area (Å²) in [7, 11) is 1.46. The number of aliphatic hydroxyl groups excluding tert-OH is 1. The van der Waals surface area contributed by atoms with Gasteiger partial charge in [-0.05, 0) is 12.5 Å². The average Bonchev–Trinajstić information content (AvgIpc) is 2.28. The Labute approximate surface area is 95.0 Å². The molecule has 0 fully saturated rings. The van der Waals surface area contributed by atoms with E-state index in [9.17, 15) is 9.50 Å². The van der Waals surface area contributed by atoms with Gasteiger partial charge in [0.05, 0.1) is 19.3 Å². The van der Waals surface area contributed by atoms with Crippen LogP contribution in [0.25, 0.3) is 0 Å². The number of nitrogens with two attached hydrogens (primary N) is 1. The molecule has 0 aromatic heterocycles. The van der Waals surface area contributed by atoms with E-state index in [0.29, 0.717) is 17.7 Å². The first kappa shape index (κ1) is 12.9. The van der Waals surface area contributed by atoms with Crippen LogP contribution in [0.2, 0.25) is 0 Å². The number of benzene rings is 1. The third-order valence-electron chi connectivity index (χ3n) is 2.55. The van der Waals surface area contributed by atoms with E-state index in [2.05, 4.69) is 0 Å². The average molecular weight is 227 g/mol. The molecule has 1 aromatic carbocycles. The predicted molar refractivity (Wildman–Crippen MR) is 60.8 cm³/mol. The third-order valence-corrected chi connectivity index (χ3v) is 2.55. The van der Waals surface area contributed by atoms with Crippen molar-refractivity contribution in [3.05, 3.63) is 29.6 Å². The molecule has 2 atom stereocenters. The van der Waals surface area contributed by atoms with Crippen molar-refractivity contribution in [1.29, 1.82) is 0 Å². The van der Waals surface area contributed by atoms with Crippen molar-refractivity contribution in [3.63, 3.8) is 0 Å². The molecule has 0 saturated heterocycles. The van der Waals surface area contributed by atoms with Gasteiger partial charge in [-0.15, -0.1) is 0 Å². The normalized spacial score (nSPS) is 14.6. The molecule has 3 N–H and O–H groups in total. The molecule has 0 amide bonds. The summed E-state index contributed by atoms with van der Waals surface area (Å²) in [4.78, 5) is 0. The molecule has 0 saturated carbocycles. The second-order valence-corrected chi connectivity index (χ2v) is 3.77. The largest absolute Gasteiger partial charge is 0.496 e. The topological polar surface area (TPSA) is 55.5 Å². The van der Waals surface area contributed by atoms with Crippen LogP contribution in [0, 0.1) is 5.82 Å². The zero-order valence-corrected chi connectivity index (χ0v) is 9.61. The van der Waals surface area contributed by atoms with Gasteiger partial charge in [0.15, 0.2) is 0 Å². The lowest BCUT2D eigenvalue weighted by atomic mass is 9.98. The number of hydrogen-bond donors (Lipinski definition) is 2. The van der Waals surface area contributed by atoms with E-state index < -0.39 is 12.1 Å². The molecule has 0 aliphatic carbocycles. The van der Waals surface area contributed by atoms with Crippen LogP contribution in [0.3, 0.4) is 0 Å². The molecule has 16 heavy (non-hydrogen) atoms. The van der Waals surface area contributed by atoms with Gasteiger partial charge < -0.3 is 15.6 Å². The summed E-state index contributed by atoms with van der Waals surface area (Å²) < 4.78 is 18.0. The molecule has 0 aliphatic heterocycles. The fourth-order valence-electron chi connectivity index (χ4n) is 1.64. The first-order chi connectivity index (χ1) is 7.60. The zero-order valence-electron chi connectivity index (χ0n) is 9.61. The minimum atomic E-state index is -0.635. The Morgan fingerprint density at radius 3 is 2.75 bits per heavy atom. The molecule has 0 radical (unpaired) electrons. The van der Waals surface area contributed by atoms with Gasteiger partial charge in [0.25, 0.3) is 0 Å². The fourth-order valence-corrected chi connectivity index (χ4v) is 1.64. The zero-order chi connectivity index (χ0) is 12.1. The van der Waals surface area contributed by atoms with Crippen LogP contribution in [0.5, 0.6) is 5.75 Å². The maximum atomic E-state index is 13.0. The van der Waals surface area contributed by atoms with E-state index in [4.69, 9.17) is 10.5 Å². The van der Waals surface area contributed by atoms with Crippen LogP contribution >= 0.6 is 0 Å². The van der Waals surface area contributed by atoms with Crippen molar-refractivity contribution in [3.8, 4) is 5.75 Å². The summed E-state index contributed by atoms with van der Waals surface area (Å²) >= 11 is 0. The van der Waals surface area contributed by atoms with Crippen LogP contribution in [-0.4, -0.2) is 18.3 Å². The van der Waals surface area contributed by atoms with Gasteiger partial charge in [-0.2, -0.15) is 0 Å². The molecule has 0 spiro atoms. The smallest absolute Gasteiger partial charge is 0.126 e. The molecule has 1 rings (SSSR count). The minimum Gasteiger partial charge on any atom is -0.496 e. The molecule has 4 heteroatoms. The number of rotatable bonds is 5. The van der Waals surface area contributed by atoms with Crippen molar-refractivity contribution < 1.29 is 14.2 Å². The quantitative estimate of drug-likeness (QED) is 0.808. The Morgan fingerprint density at radius 1 is 1.50 bits per heavy atom. The van der Waals surface area contributed by atoms with E-state index in [1.54, 1.807) is 6.07 Å².